The standard InChI is InChI=1S/C23H33N5O5/c1-14-11-27(22(32)33-23(3,4)5)12-15(2)28(14)13-20(30)25-18-8-6-16(10-24-18)17-7-9-19(29)26-21(17)31/h6,8,10,14-15,17H,7,9,11-13H2,1-5H3,(H,24,25,30)(H,26,29,31)/t14-,15+,17?. The Morgan fingerprint density at radius 2 is 1.85 bits per heavy atom. The number of carbonyl (C=O) groups excluding carboxylic acids is 4. The van der Waals surface area contributed by atoms with Gasteiger partial charge in [0.05, 0.1) is 12.5 Å². The minimum Gasteiger partial charge on any atom is -0.444 e. The highest BCUT2D eigenvalue weighted by Crippen LogP contribution is 2.25. The first kappa shape index (κ1) is 24.6. The number of pyridine rings is 1. The fourth-order valence-electron chi connectivity index (χ4n) is 4.19. The Hall–Kier alpha value is -3.01. The lowest BCUT2D eigenvalue weighted by Crippen LogP contribution is -2.59. The van der Waals surface area contributed by atoms with E-state index in [1.165, 1.54) is 0 Å². The number of amides is 4. The van der Waals surface area contributed by atoms with Crippen molar-refractivity contribution in [3.63, 3.8) is 0 Å². The number of rotatable bonds is 4. The van der Waals surface area contributed by atoms with Gasteiger partial charge in [0.1, 0.15) is 11.4 Å². The van der Waals surface area contributed by atoms with E-state index >= 15 is 0 Å². The van der Waals surface area contributed by atoms with Gasteiger partial charge in [-0.2, -0.15) is 0 Å². The Morgan fingerprint density at radius 3 is 2.39 bits per heavy atom. The first-order valence-corrected chi connectivity index (χ1v) is 11.3. The van der Waals surface area contributed by atoms with Gasteiger partial charge >= 0.3 is 6.09 Å². The normalized spacial score (nSPS) is 24.3. The van der Waals surface area contributed by atoms with Gasteiger partial charge in [0.15, 0.2) is 0 Å². The highest BCUT2D eigenvalue weighted by atomic mass is 16.6. The average molecular weight is 460 g/mol. The molecule has 2 aliphatic heterocycles. The Labute approximate surface area is 194 Å². The number of hydrogen-bond donors (Lipinski definition) is 2. The largest absolute Gasteiger partial charge is 0.444 e. The number of piperidine rings is 1. The Kier molecular flexibility index (Phi) is 7.36. The number of nitrogens with zero attached hydrogens (tertiary/aromatic N) is 3. The molecule has 0 bridgehead atoms. The van der Waals surface area contributed by atoms with Crippen molar-refractivity contribution in [3.05, 3.63) is 23.9 Å². The number of hydrogen-bond acceptors (Lipinski definition) is 7. The van der Waals surface area contributed by atoms with Crippen molar-refractivity contribution in [2.75, 3.05) is 25.0 Å². The van der Waals surface area contributed by atoms with Crippen LogP contribution in [0.2, 0.25) is 0 Å². The lowest BCUT2D eigenvalue weighted by molar-refractivity contribution is -0.134. The van der Waals surface area contributed by atoms with Crippen molar-refractivity contribution in [3.8, 4) is 0 Å². The second-order valence-corrected chi connectivity index (χ2v) is 9.78. The zero-order chi connectivity index (χ0) is 24.3. The molecule has 4 amide bonds. The molecule has 2 saturated heterocycles. The summed E-state index contributed by atoms with van der Waals surface area (Å²) in [4.78, 5) is 56.4. The van der Waals surface area contributed by atoms with Crippen LogP contribution < -0.4 is 10.6 Å². The lowest BCUT2D eigenvalue weighted by Gasteiger charge is -2.44. The molecule has 180 valence electrons. The highest BCUT2D eigenvalue weighted by Gasteiger charge is 2.35. The average Bonchev–Trinajstić information content (AvgIpc) is 2.70. The molecular formula is C23H33N5O5. The maximum absolute atomic E-state index is 12.6. The fourth-order valence-corrected chi connectivity index (χ4v) is 4.19. The molecule has 3 atom stereocenters. The van der Waals surface area contributed by atoms with Crippen LogP contribution in [0.5, 0.6) is 0 Å². The molecule has 2 fully saturated rings. The first-order chi connectivity index (χ1) is 15.4. The summed E-state index contributed by atoms with van der Waals surface area (Å²) in [7, 11) is 0. The van der Waals surface area contributed by atoms with Crippen LogP contribution in [0.1, 0.15) is 58.9 Å². The number of piperazine rings is 1. The van der Waals surface area contributed by atoms with E-state index in [1.54, 1.807) is 23.2 Å². The van der Waals surface area contributed by atoms with Crippen molar-refractivity contribution in [1.29, 1.82) is 0 Å². The molecule has 1 unspecified atom stereocenters. The maximum Gasteiger partial charge on any atom is 0.410 e. The van der Waals surface area contributed by atoms with Crippen molar-refractivity contribution >= 4 is 29.6 Å². The van der Waals surface area contributed by atoms with E-state index in [9.17, 15) is 19.2 Å². The SMILES string of the molecule is C[C@@H]1CN(C(=O)OC(C)(C)C)C[C@H](C)N1CC(=O)Nc1ccc(C2CCC(=O)NC2=O)cn1. The van der Waals surface area contributed by atoms with Crippen molar-refractivity contribution < 1.29 is 23.9 Å². The van der Waals surface area contributed by atoms with E-state index in [2.05, 4.69) is 15.6 Å². The van der Waals surface area contributed by atoms with Crippen molar-refractivity contribution in [2.45, 2.75) is 71.1 Å². The van der Waals surface area contributed by atoms with Gasteiger partial charge in [-0.1, -0.05) is 6.07 Å². The van der Waals surface area contributed by atoms with Crippen LogP contribution in [-0.2, 0) is 19.1 Å². The van der Waals surface area contributed by atoms with E-state index in [4.69, 9.17) is 4.74 Å². The molecule has 0 saturated carbocycles. The second kappa shape index (κ2) is 9.86. The quantitative estimate of drug-likeness (QED) is 0.660. The van der Waals surface area contributed by atoms with Gasteiger partial charge in [0.2, 0.25) is 17.7 Å². The maximum atomic E-state index is 12.6. The van der Waals surface area contributed by atoms with Crippen molar-refractivity contribution in [2.24, 2.45) is 0 Å². The Morgan fingerprint density at radius 1 is 1.18 bits per heavy atom. The predicted molar refractivity (Wildman–Crippen MR) is 121 cm³/mol. The molecule has 3 rings (SSSR count). The van der Waals surface area contributed by atoms with Crippen LogP contribution in [0.15, 0.2) is 18.3 Å². The predicted octanol–water partition coefficient (Wildman–Crippen LogP) is 1.87. The molecule has 0 spiro atoms. The summed E-state index contributed by atoms with van der Waals surface area (Å²) in [5, 5.41) is 5.13. The number of nitrogens with one attached hydrogen (secondary N) is 2. The third kappa shape index (κ3) is 6.50. The molecule has 10 nitrogen and oxygen atoms in total. The summed E-state index contributed by atoms with van der Waals surface area (Å²) < 4.78 is 5.47. The fraction of sp³-hybridized carbons (Fsp3) is 0.609. The molecule has 33 heavy (non-hydrogen) atoms. The van der Waals surface area contributed by atoms with Crippen LogP contribution in [0, 0.1) is 0 Å². The van der Waals surface area contributed by atoms with E-state index in [1.807, 2.05) is 39.5 Å². The van der Waals surface area contributed by atoms with Gasteiger partial charge in [-0.05, 0) is 52.7 Å². The number of imide groups is 1. The van der Waals surface area contributed by atoms with E-state index < -0.39 is 11.5 Å². The molecular weight excluding hydrogens is 426 g/mol. The summed E-state index contributed by atoms with van der Waals surface area (Å²) in [6.07, 6.45) is 1.96. The summed E-state index contributed by atoms with van der Waals surface area (Å²) in [6, 6.07) is 3.36. The van der Waals surface area contributed by atoms with Crippen molar-refractivity contribution in [1.82, 2.24) is 20.1 Å². The minimum atomic E-state index is -0.554. The molecule has 0 aliphatic carbocycles. The monoisotopic (exact) mass is 459 g/mol. The third-order valence-electron chi connectivity index (χ3n) is 5.77. The summed E-state index contributed by atoms with van der Waals surface area (Å²) in [6.45, 7) is 10.6. The molecule has 10 heteroatoms. The van der Waals surface area contributed by atoms with E-state index in [-0.39, 0.29) is 42.4 Å². The zero-order valence-electron chi connectivity index (χ0n) is 19.9. The topological polar surface area (TPSA) is 121 Å². The molecule has 2 N–H and O–H groups in total. The smallest absolute Gasteiger partial charge is 0.410 e. The summed E-state index contributed by atoms with van der Waals surface area (Å²) in [5.41, 5.74) is 0.153. The van der Waals surface area contributed by atoms with Gasteiger partial charge < -0.3 is 15.0 Å². The number of ether oxygens (including phenoxy) is 1. The van der Waals surface area contributed by atoms with Crippen LogP contribution >= 0.6 is 0 Å². The lowest BCUT2D eigenvalue weighted by atomic mass is 9.92. The highest BCUT2D eigenvalue weighted by molar-refractivity contribution is 6.01. The van der Waals surface area contributed by atoms with Crippen LogP contribution in [-0.4, -0.2) is 75.9 Å². The molecule has 0 radical (unpaired) electrons. The number of anilines is 1. The minimum absolute atomic E-state index is 0.0186. The van der Waals surface area contributed by atoms with Gasteiger partial charge in [0.25, 0.3) is 0 Å². The third-order valence-corrected chi connectivity index (χ3v) is 5.77. The molecule has 1 aromatic heterocycles. The molecule has 1 aromatic rings. The summed E-state index contributed by atoms with van der Waals surface area (Å²) >= 11 is 0. The van der Waals surface area contributed by atoms with Gasteiger partial charge in [-0.3, -0.25) is 24.6 Å². The Balaban J connectivity index is 1.54. The van der Waals surface area contributed by atoms with Gasteiger partial charge in [-0.15, -0.1) is 0 Å². The van der Waals surface area contributed by atoms with Gasteiger partial charge in [0, 0.05) is 37.8 Å². The number of carbonyl (C=O) groups is 4. The second-order valence-electron chi connectivity index (χ2n) is 9.78. The molecule has 0 aromatic carbocycles. The van der Waals surface area contributed by atoms with E-state index in [0.717, 1.165) is 0 Å². The molecule has 3 heterocycles. The summed E-state index contributed by atoms with van der Waals surface area (Å²) in [5.74, 6) is -0.811. The Bertz CT molecular complexity index is 899. The number of aromatic nitrogens is 1. The van der Waals surface area contributed by atoms with Gasteiger partial charge in [-0.25, -0.2) is 9.78 Å². The van der Waals surface area contributed by atoms with E-state index in [0.29, 0.717) is 37.3 Å². The van der Waals surface area contributed by atoms with Crippen LogP contribution in [0.3, 0.4) is 0 Å². The van der Waals surface area contributed by atoms with Crippen LogP contribution in [0.4, 0.5) is 10.6 Å². The first-order valence-electron chi connectivity index (χ1n) is 11.3. The molecule has 2 aliphatic rings. The van der Waals surface area contributed by atoms with Crippen LogP contribution in [0.25, 0.3) is 0 Å². The zero-order valence-corrected chi connectivity index (χ0v) is 19.9.